The van der Waals surface area contributed by atoms with E-state index in [0.717, 1.165) is 105 Å². The molecule has 0 saturated carbocycles. The second-order valence-electron chi connectivity index (χ2n) is 32.6. The van der Waals surface area contributed by atoms with Gasteiger partial charge in [-0.25, -0.2) is 0 Å². The molecule has 18 rings (SSSR count). The first-order valence-corrected chi connectivity index (χ1v) is 45.2. The monoisotopic (exact) mass is 2030 g/mol. The van der Waals surface area contributed by atoms with Crippen molar-refractivity contribution in [2.45, 2.75) is 56.3 Å². The maximum atomic E-state index is 14.8. The van der Waals surface area contributed by atoms with Crippen molar-refractivity contribution < 1.29 is 99.6 Å². The smallest absolute Gasteiger partial charge is 0.411 e. The lowest BCUT2D eigenvalue weighted by atomic mass is 9.72. The lowest BCUT2D eigenvalue weighted by Crippen LogP contribution is -2.54. The number of aromatic nitrogens is 4. The normalized spacial score (nSPS) is 11.6. The fourth-order valence-corrected chi connectivity index (χ4v) is 15.8. The number of hydrogen-bond donors (Lipinski definition) is 0. The number of halogens is 16. The van der Waals surface area contributed by atoms with Gasteiger partial charge in [0.25, 0.3) is 0 Å². The number of carbonyl (C=O) groups excluding carboxylic acids is 4. The molecule has 2 heterocycles. The van der Waals surface area contributed by atoms with Gasteiger partial charge in [0.2, 0.25) is 34.4 Å². The zero-order valence-electron chi connectivity index (χ0n) is 75.9. The molecule has 144 heavy (non-hydrogen) atoms. The number of rotatable bonds is 24. The quantitative estimate of drug-likeness (QED) is 0.0411. The summed E-state index contributed by atoms with van der Waals surface area (Å²) in [5, 5.41) is 18.7. The maximum Gasteiger partial charge on any atom is 0.411 e. The molecule has 16 aromatic carbocycles. The highest BCUT2D eigenvalue weighted by Gasteiger charge is 2.74. The van der Waals surface area contributed by atoms with E-state index < -0.39 is 57.8 Å². The Morgan fingerprint density at radius 3 is 0.597 bits per heavy atom. The lowest BCUT2D eigenvalue weighted by molar-refractivity contribution is -0.290. The molecule has 0 spiro atoms. The number of aryl methyl sites for hydroxylation is 3. The number of carbonyl (C=O) groups is 4. The SMILES string of the molecule is COc1ccc(C(=O)c2ccc(-c3ccc(-c4nnc(-c5ccc(C)cc5)o4)cc3)cc2)cc1.Cc1ccc(C(=O)c2ccc(Oc3ccc(C(c4ccc(C)cc4)(C(F)(F)F)C(F)(F)F)cc3)cc2)cc1.Clc1ccc(-c2nnc(-c3ccc(Cl)cc3)o2)cc1.O=C(c1ccc(Cl)cc1)c1ccc(Oc2ccc(C(c3ccc(Oc4ccc(C(=O)c5ccc(Cl)cc5)cc4)cc3)(C(F)(F)F)C(F)(F)F)cc2)cc1. The van der Waals surface area contributed by atoms with Crippen LogP contribution in [0.1, 0.15) is 103 Å². The van der Waals surface area contributed by atoms with Gasteiger partial charge in [0.15, 0.2) is 23.1 Å². The van der Waals surface area contributed by atoms with E-state index in [4.69, 9.17) is 74.2 Å². The molecule has 0 aliphatic carbocycles. The van der Waals surface area contributed by atoms with Gasteiger partial charge in [0.05, 0.1) is 7.11 Å². The molecule has 0 amide bonds. The number of nitrogens with zero attached hydrogens (tertiary/aromatic N) is 4. The van der Waals surface area contributed by atoms with Crippen molar-refractivity contribution in [2.24, 2.45) is 0 Å². The Labute approximate surface area is 836 Å². The molecule has 14 nitrogen and oxygen atoms in total. The summed E-state index contributed by atoms with van der Waals surface area (Å²) in [5.74, 6) is 2.44. The van der Waals surface area contributed by atoms with Crippen molar-refractivity contribution in [2.75, 3.05) is 7.11 Å². The first-order valence-electron chi connectivity index (χ1n) is 43.7. The summed E-state index contributed by atoms with van der Waals surface area (Å²) in [6, 6.07) is 97.1. The highest BCUT2D eigenvalue weighted by molar-refractivity contribution is 6.31. The van der Waals surface area contributed by atoms with Crippen LogP contribution in [0, 0.1) is 20.8 Å². The van der Waals surface area contributed by atoms with Crippen molar-refractivity contribution in [3.05, 3.63) is 492 Å². The summed E-state index contributed by atoms with van der Waals surface area (Å²) in [7, 11) is 1.60. The fraction of sp³-hybridized carbons (Fsp3) is 0.0877. The zero-order chi connectivity index (χ0) is 102. The van der Waals surface area contributed by atoms with Crippen LogP contribution in [-0.4, -0.2) is 75.3 Å². The number of methoxy groups -OCH3 is 1. The summed E-state index contributed by atoms with van der Waals surface area (Å²) in [6.45, 7) is 5.52. The van der Waals surface area contributed by atoms with Gasteiger partial charge in [-0.2, -0.15) is 52.7 Å². The van der Waals surface area contributed by atoms with Gasteiger partial charge in [-0.15, -0.1) is 20.4 Å². The third-order valence-electron chi connectivity index (χ3n) is 22.9. The van der Waals surface area contributed by atoms with Crippen LogP contribution >= 0.6 is 46.4 Å². The molecule has 0 aliphatic rings. The van der Waals surface area contributed by atoms with E-state index in [-0.39, 0.29) is 57.6 Å². The largest absolute Gasteiger partial charge is 0.497 e. The number of alkyl halides is 12. The van der Waals surface area contributed by atoms with Crippen LogP contribution in [0.2, 0.25) is 20.1 Å². The molecule has 0 aliphatic heterocycles. The van der Waals surface area contributed by atoms with Crippen LogP contribution in [0.3, 0.4) is 0 Å². The summed E-state index contributed by atoms with van der Waals surface area (Å²) < 4.78 is 208. The standard InChI is InChI=1S/C41H24Cl2F6O4.C30H22F6O2.C29H22N2O3.C14H8Cl2N2O/c42-31-13-1-25(2-14-31)37(50)27-5-17-33(18-6-27)52-35-21-9-29(10-22-35)39(40(44,45)46,41(47,48)49)30-11-23-36(24-12-30)53-34-19-7-28(8-20-34)38(51)26-3-15-32(43)16-4-26;1-19-3-7-21(8-4-19)27(37)22-9-15-25(16-10-22)38-26-17-13-24(14-18-26)28(29(31,32)33,30(34,35)36)23-11-5-20(2)6-12-23;1-19-3-5-24(6-4-19)28-30-31-29(34-28)25-13-9-21(10-14-25)20-7-11-22(12-8-20)27(32)23-15-17-26(33-2)18-16-23;15-11-5-1-9(2-6-11)13-17-18-14(19-13)10-3-7-12(16)8-4-10/h1-24H;3-18H,1-2H3;3-18H,1-2H3;1-8H. The molecular weight excluding hydrogens is 1960 g/mol. The predicted molar refractivity (Wildman–Crippen MR) is 527 cm³/mol. The average Bonchev–Trinajstić information content (AvgIpc) is 1.23. The van der Waals surface area contributed by atoms with Gasteiger partial charge in [-0.05, 0) is 309 Å². The molecule has 0 bridgehead atoms. The molecule has 18 aromatic rings. The number of ketones is 4. The van der Waals surface area contributed by atoms with E-state index in [2.05, 4.69) is 20.4 Å². The van der Waals surface area contributed by atoms with E-state index in [1.165, 1.54) is 90.5 Å². The molecule has 0 N–H and O–H groups in total. The zero-order valence-corrected chi connectivity index (χ0v) is 78.9. The van der Waals surface area contributed by atoms with E-state index in [9.17, 15) is 71.9 Å². The van der Waals surface area contributed by atoms with Crippen LogP contribution in [-0.2, 0) is 10.8 Å². The Bertz CT molecular complexity index is 7240. The summed E-state index contributed by atoms with van der Waals surface area (Å²) in [6.07, 6.45) is -22.9. The predicted octanol–water partition coefficient (Wildman–Crippen LogP) is 32.5. The molecule has 0 fully saturated rings. The second kappa shape index (κ2) is 44.0. The van der Waals surface area contributed by atoms with Crippen LogP contribution in [0.25, 0.3) is 56.9 Å². The van der Waals surface area contributed by atoms with Crippen molar-refractivity contribution in [1.29, 1.82) is 0 Å². The van der Waals surface area contributed by atoms with Crippen molar-refractivity contribution >= 4 is 69.5 Å². The minimum absolute atomic E-state index is 0.0228. The second-order valence-corrected chi connectivity index (χ2v) is 34.3. The molecule has 724 valence electrons. The van der Waals surface area contributed by atoms with Crippen LogP contribution < -0.4 is 18.9 Å². The van der Waals surface area contributed by atoms with Gasteiger partial charge in [0, 0.05) is 86.9 Å². The Balaban J connectivity index is 0.000000152. The van der Waals surface area contributed by atoms with Crippen molar-refractivity contribution in [3.63, 3.8) is 0 Å². The topological polar surface area (TPSA) is 183 Å². The Hall–Kier alpha value is -16.0. The minimum Gasteiger partial charge on any atom is -0.497 e. The van der Waals surface area contributed by atoms with E-state index in [1.54, 1.807) is 123 Å². The van der Waals surface area contributed by atoms with E-state index in [0.29, 0.717) is 118 Å². The molecule has 2 aromatic heterocycles. The van der Waals surface area contributed by atoms with Gasteiger partial charge in [-0.3, -0.25) is 19.2 Å². The number of benzene rings is 16. The fourth-order valence-electron chi connectivity index (χ4n) is 15.2. The molecule has 0 radical (unpaired) electrons. The summed E-state index contributed by atoms with van der Waals surface area (Å²) in [5.41, 5.74) is -0.894. The maximum absolute atomic E-state index is 14.8. The first kappa shape index (κ1) is 102. The molecule has 30 heteroatoms. The number of hydrogen-bond acceptors (Lipinski definition) is 14. The highest BCUT2D eigenvalue weighted by atomic mass is 35.5. The summed E-state index contributed by atoms with van der Waals surface area (Å²) >= 11 is 23.4. The molecule has 0 unspecified atom stereocenters. The minimum atomic E-state index is -5.81. The van der Waals surface area contributed by atoms with Gasteiger partial charge in [0.1, 0.15) is 40.2 Å². The first-order chi connectivity index (χ1) is 68.8. The van der Waals surface area contributed by atoms with Crippen LogP contribution in [0.4, 0.5) is 52.7 Å². The third kappa shape index (κ3) is 23.7. The Morgan fingerprint density at radius 2 is 0.368 bits per heavy atom. The average molecular weight is 2030 g/mol. The van der Waals surface area contributed by atoms with Crippen LogP contribution in [0.15, 0.2) is 397 Å². The van der Waals surface area contributed by atoms with E-state index in [1.807, 2.05) is 123 Å². The Kier molecular flexibility index (Phi) is 31.3. The number of ether oxygens (including phenoxy) is 4. The van der Waals surface area contributed by atoms with Gasteiger partial charge in [-0.1, -0.05) is 197 Å². The molecular formula is C114H76Cl4F12N4O10. The molecule has 0 atom stereocenters. The van der Waals surface area contributed by atoms with Crippen LogP contribution in [0.5, 0.6) is 40.2 Å². The van der Waals surface area contributed by atoms with Crippen molar-refractivity contribution in [3.8, 4) is 97.2 Å². The summed E-state index contributed by atoms with van der Waals surface area (Å²) in [4.78, 5) is 50.8. The van der Waals surface area contributed by atoms with E-state index >= 15 is 0 Å². The van der Waals surface area contributed by atoms with Crippen molar-refractivity contribution in [1.82, 2.24) is 20.4 Å². The Morgan fingerprint density at radius 1 is 0.215 bits per heavy atom. The third-order valence-corrected chi connectivity index (χ3v) is 23.9. The lowest BCUT2D eigenvalue weighted by Gasteiger charge is -2.38. The highest BCUT2D eigenvalue weighted by Crippen LogP contribution is 2.59. The van der Waals surface area contributed by atoms with Gasteiger partial charge < -0.3 is 27.8 Å². The molecule has 0 saturated heterocycles. The van der Waals surface area contributed by atoms with Gasteiger partial charge >= 0.3 is 24.7 Å².